The topological polar surface area (TPSA) is 43.3 Å². The van der Waals surface area contributed by atoms with Crippen LogP contribution in [-0.2, 0) is 16.6 Å². The standard InChI is InChI=1S/C11H16O2S/c1-11(2,3)9-7-8(14(4)13)5-6-10(9)12/h5-7,12H,1-4H3. The maximum absolute atomic E-state index is 11.3. The van der Waals surface area contributed by atoms with Crippen molar-refractivity contribution in [2.75, 3.05) is 6.26 Å². The smallest absolute Gasteiger partial charge is 0.152 e. The molecule has 1 aromatic rings. The highest BCUT2D eigenvalue weighted by Gasteiger charge is 2.20. The normalized spacial score (nSPS) is 14.1. The van der Waals surface area contributed by atoms with E-state index in [1.165, 1.54) is 0 Å². The maximum atomic E-state index is 11.3. The molecule has 14 heavy (non-hydrogen) atoms. The number of aromatic hydroxyl groups is 1. The third-order valence-corrected chi connectivity index (χ3v) is 3.03. The van der Waals surface area contributed by atoms with E-state index in [4.69, 9.17) is 0 Å². The molecule has 1 rings (SSSR count). The van der Waals surface area contributed by atoms with Crippen LogP contribution in [0.25, 0.3) is 0 Å². The van der Waals surface area contributed by atoms with Crippen molar-refractivity contribution in [2.45, 2.75) is 31.1 Å². The Morgan fingerprint density at radius 3 is 2.29 bits per heavy atom. The first-order valence-electron chi connectivity index (χ1n) is 4.49. The van der Waals surface area contributed by atoms with Gasteiger partial charge in [0.2, 0.25) is 0 Å². The van der Waals surface area contributed by atoms with E-state index in [0.29, 0.717) is 0 Å². The minimum Gasteiger partial charge on any atom is -0.612 e. The first-order valence-corrected chi connectivity index (χ1v) is 6.05. The average molecular weight is 212 g/mol. The SMILES string of the molecule is C[S+]([O-])c1ccc(O)c(C(C)(C)C)c1. The predicted molar refractivity (Wildman–Crippen MR) is 59.1 cm³/mol. The minimum atomic E-state index is -0.993. The van der Waals surface area contributed by atoms with E-state index >= 15 is 0 Å². The van der Waals surface area contributed by atoms with Gasteiger partial charge in [-0.05, 0) is 28.7 Å². The van der Waals surface area contributed by atoms with Crippen LogP contribution in [-0.4, -0.2) is 15.9 Å². The molecule has 0 saturated carbocycles. The summed E-state index contributed by atoms with van der Waals surface area (Å²) in [6, 6.07) is 5.11. The van der Waals surface area contributed by atoms with E-state index < -0.39 is 11.2 Å². The van der Waals surface area contributed by atoms with Gasteiger partial charge in [0, 0.05) is 11.6 Å². The van der Waals surface area contributed by atoms with Gasteiger partial charge in [-0.15, -0.1) is 0 Å². The zero-order valence-corrected chi connectivity index (χ0v) is 9.81. The highest BCUT2D eigenvalue weighted by molar-refractivity contribution is 7.90. The zero-order valence-electron chi connectivity index (χ0n) is 9.00. The lowest BCUT2D eigenvalue weighted by Crippen LogP contribution is -2.12. The van der Waals surface area contributed by atoms with Gasteiger partial charge in [-0.25, -0.2) is 0 Å². The number of phenols is 1. The first-order chi connectivity index (χ1) is 6.32. The van der Waals surface area contributed by atoms with Crippen LogP contribution in [0.3, 0.4) is 0 Å². The monoisotopic (exact) mass is 212 g/mol. The molecular formula is C11H16O2S. The second kappa shape index (κ2) is 3.83. The van der Waals surface area contributed by atoms with Crippen molar-refractivity contribution in [2.24, 2.45) is 0 Å². The van der Waals surface area contributed by atoms with Crippen LogP contribution in [0.5, 0.6) is 5.75 Å². The van der Waals surface area contributed by atoms with Crippen molar-refractivity contribution in [1.82, 2.24) is 0 Å². The maximum Gasteiger partial charge on any atom is 0.152 e. The minimum absolute atomic E-state index is 0.126. The van der Waals surface area contributed by atoms with Crippen LogP contribution < -0.4 is 0 Å². The molecule has 78 valence electrons. The van der Waals surface area contributed by atoms with Crippen LogP contribution in [0.1, 0.15) is 26.3 Å². The summed E-state index contributed by atoms with van der Waals surface area (Å²) in [5.74, 6) is 0.270. The largest absolute Gasteiger partial charge is 0.612 e. The molecule has 0 aliphatic heterocycles. The van der Waals surface area contributed by atoms with Crippen molar-refractivity contribution in [3.05, 3.63) is 23.8 Å². The average Bonchev–Trinajstić information content (AvgIpc) is 2.02. The third-order valence-electron chi connectivity index (χ3n) is 2.11. The molecule has 1 atom stereocenters. The van der Waals surface area contributed by atoms with Gasteiger partial charge in [-0.2, -0.15) is 0 Å². The zero-order chi connectivity index (χ0) is 10.9. The summed E-state index contributed by atoms with van der Waals surface area (Å²) in [6.45, 7) is 6.05. The Balaban J connectivity index is 3.22. The van der Waals surface area contributed by atoms with Crippen molar-refractivity contribution in [3.63, 3.8) is 0 Å². The van der Waals surface area contributed by atoms with Crippen molar-refractivity contribution >= 4 is 11.2 Å². The molecule has 0 aliphatic carbocycles. The van der Waals surface area contributed by atoms with Crippen LogP contribution in [0.2, 0.25) is 0 Å². The van der Waals surface area contributed by atoms with Gasteiger partial charge in [-0.1, -0.05) is 20.8 Å². The molecule has 0 fully saturated rings. The van der Waals surface area contributed by atoms with E-state index in [1.54, 1.807) is 18.4 Å². The molecule has 0 radical (unpaired) electrons. The Labute approximate surface area is 88.1 Å². The van der Waals surface area contributed by atoms with Gasteiger partial charge >= 0.3 is 0 Å². The molecule has 0 aliphatic rings. The van der Waals surface area contributed by atoms with E-state index in [-0.39, 0.29) is 11.2 Å². The number of phenolic OH excluding ortho intramolecular Hbond substituents is 1. The molecular weight excluding hydrogens is 196 g/mol. The summed E-state index contributed by atoms with van der Waals surface area (Å²) in [5, 5.41) is 9.65. The lowest BCUT2D eigenvalue weighted by Gasteiger charge is -2.20. The van der Waals surface area contributed by atoms with E-state index in [2.05, 4.69) is 0 Å². The van der Waals surface area contributed by atoms with E-state index in [0.717, 1.165) is 10.5 Å². The fourth-order valence-electron chi connectivity index (χ4n) is 1.29. The van der Waals surface area contributed by atoms with Gasteiger partial charge in [0.15, 0.2) is 4.90 Å². The quantitative estimate of drug-likeness (QED) is 0.726. The van der Waals surface area contributed by atoms with E-state index in [9.17, 15) is 9.66 Å². The fraction of sp³-hybridized carbons (Fsp3) is 0.455. The molecule has 0 saturated heterocycles. The number of benzene rings is 1. The fourth-order valence-corrected chi connectivity index (χ4v) is 1.84. The van der Waals surface area contributed by atoms with Gasteiger partial charge < -0.3 is 9.66 Å². The highest BCUT2D eigenvalue weighted by Crippen LogP contribution is 2.32. The molecule has 1 unspecified atom stereocenters. The summed E-state index contributed by atoms with van der Waals surface area (Å²) >= 11 is -0.993. The van der Waals surface area contributed by atoms with Crippen molar-refractivity contribution in [3.8, 4) is 5.75 Å². The molecule has 1 aromatic carbocycles. The molecule has 0 aromatic heterocycles. The summed E-state index contributed by atoms with van der Waals surface area (Å²) < 4.78 is 11.3. The second-order valence-corrected chi connectivity index (χ2v) is 5.76. The van der Waals surface area contributed by atoms with Crippen LogP contribution >= 0.6 is 0 Å². The number of rotatable bonds is 1. The van der Waals surface area contributed by atoms with E-state index in [1.807, 2.05) is 26.8 Å². The van der Waals surface area contributed by atoms with Crippen molar-refractivity contribution in [1.29, 1.82) is 0 Å². The Morgan fingerprint density at radius 2 is 1.86 bits per heavy atom. The summed E-state index contributed by atoms with van der Waals surface area (Å²) in [6.07, 6.45) is 1.64. The summed E-state index contributed by atoms with van der Waals surface area (Å²) in [7, 11) is 0. The molecule has 0 amide bonds. The Hall–Kier alpha value is -0.670. The highest BCUT2D eigenvalue weighted by atomic mass is 32.2. The Bertz CT molecular complexity index is 327. The Morgan fingerprint density at radius 1 is 1.29 bits per heavy atom. The van der Waals surface area contributed by atoms with Gasteiger partial charge in [0.1, 0.15) is 12.0 Å². The van der Waals surface area contributed by atoms with Crippen LogP contribution in [0, 0.1) is 0 Å². The molecule has 1 N–H and O–H groups in total. The van der Waals surface area contributed by atoms with Crippen LogP contribution in [0.15, 0.2) is 23.1 Å². The van der Waals surface area contributed by atoms with Crippen molar-refractivity contribution < 1.29 is 9.66 Å². The number of hydrogen-bond acceptors (Lipinski definition) is 2. The molecule has 0 bridgehead atoms. The number of hydrogen-bond donors (Lipinski definition) is 1. The van der Waals surface area contributed by atoms with Crippen LogP contribution in [0.4, 0.5) is 0 Å². The second-order valence-electron chi connectivity index (χ2n) is 4.38. The predicted octanol–water partition coefficient (Wildman–Crippen LogP) is 2.43. The third kappa shape index (κ3) is 2.42. The van der Waals surface area contributed by atoms with Gasteiger partial charge in [0.05, 0.1) is 0 Å². The first kappa shape index (κ1) is 11.4. The molecule has 0 spiro atoms. The van der Waals surface area contributed by atoms with Gasteiger partial charge in [-0.3, -0.25) is 0 Å². The lowest BCUT2D eigenvalue weighted by molar-refractivity contribution is 0.445. The molecule has 3 heteroatoms. The lowest BCUT2D eigenvalue weighted by atomic mass is 9.86. The van der Waals surface area contributed by atoms with Gasteiger partial charge in [0.25, 0.3) is 0 Å². The Kier molecular flexibility index (Phi) is 3.12. The summed E-state index contributed by atoms with van der Waals surface area (Å²) in [5.41, 5.74) is 0.713. The molecule has 2 nitrogen and oxygen atoms in total. The molecule has 0 heterocycles. The summed E-state index contributed by atoms with van der Waals surface area (Å²) in [4.78, 5) is 0.757.